The minimum atomic E-state index is -0.315. The molecule has 0 unspecified atom stereocenters. The Labute approximate surface area is 192 Å². The summed E-state index contributed by atoms with van der Waals surface area (Å²) in [6.45, 7) is 0.734. The summed E-state index contributed by atoms with van der Waals surface area (Å²) in [6, 6.07) is 15.6. The summed E-state index contributed by atoms with van der Waals surface area (Å²) < 4.78 is 1.58. The Morgan fingerprint density at radius 2 is 1.97 bits per heavy atom. The lowest BCUT2D eigenvalue weighted by Gasteiger charge is -2.12. The highest BCUT2D eigenvalue weighted by Crippen LogP contribution is 2.14. The Balaban J connectivity index is 1.37. The number of H-pyrrole nitrogens is 1. The van der Waals surface area contributed by atoms with E-state index in [-0.39, 0.29) is 18.0 Å². The molecular weight excluding hydrogens is 474 g/mol. The summed E-state index contributed by atoms with van der Waals surface area (Å²) in [5.41, 5.74) is 9.31. The normalized spacial score (nSPS) is 10.9. The molecule has 5 N–H and O–H groups in total. The number of benzene rings is 2. The summed E-state index contributed by atoms with van der Waals surface area (Å²) in [6.07, 6.45) is 2.24. The third-order valence-corrected chi connectivity index (χ3v) is 5.56. The molecule has 10 heteroatoms. The van der Waals surface area contributed by atoms with E-state index >= 15 is 0 Å². The predicted octanol–water partition coefficient (Wildman–Crippen LogP) is 2.44. The Morgan fingerprint density at radius 1 is 1.16 bits per heavy atom. The molecule has 164 valence electrons. The molecule has 0 bridgehead atoms. The number of halogens is 1. The summed E-state index contributed by atoms with van der Waals surface area (Å²) >= 11 is 3.26. The lowest BCUT2D eigenvalue weighted by molar-refractivity contribution is -0.121. The van der Waals surface area contributed by atoms with Gasteiger partial charge in [-0.2, -0.15) is 0 Å². The molecule has 0 fully saturated rings. The van der Waals surface area contributed by atoms with Gasteiger partial charge in [-0.05, 0) is 45.6 Å². The van der Waals surface area contributed by atoms with Crippen molar-refractivity contribution in [3.63, 3.8) is 0 Å². The molecule has 32 heavy (non-hydrogen) atoms. The summed E-state index contributed by atoms with van der Waals surface area (Å²) in [4.78, 5) is 36.6. The molecule has 0 aliphatic carbocycles. The van der Waals surface area contributed by atoms with Crippen LogP contribution in [0.5, 0.6) is 0 Å². The first-order valence-corrected chi connectivity index (χ1v) is 10.8. The maximum absolute atomic E-state index is 12.8. The van der Waals surface area contributed by atoms with Crippen molar-refractivity contribution >= 4 is 44.5 Å². The largest absolute Gasteiger partial charge is 0.379 e. The van der Waals surface area contributed by atoms with Crippen LogP contribution in [0.4, 0.5) is 11.6 Å². The van der Waals surface area contributed by atoms with Gasteiger partial charge in [0.25, 0.3) is 5.56 Å². The lowest BCUT2D eigenvalue weighted by atomic mass is 10.1. The van der Waals surface area contributed by atoms with Crippen molar-refractivity contribution in [1.29, 1.82) is 0 Å². The fourth-order valence-corrected chi connectivity index (χ4v) is 3.69. The number of nitrogens with two attached hydrogens (primary N) is 1. The van der Waals surface area contributed by atoms with E-state index in [1.807, 2.05) is 48.5 Å². The van der Waals surface area contributed by atoms with Gasteiger partial charge in [-0.1, -0.05) is 36.4 Å². The molecule has 0 radical (unpaired) electrons. The summed E-state index contributed by atoms with van der Waals surface area (Å²) in [7, 11) is 0. The van der Waals surface area contributed by atoms with Crippen molar-refractivity contribution in [2.75, 3.05) is 17.6 Å². The molecule has 4 rings (SSSR count). The van der Waals surface area contributed by atoms with Crippen molar-refractivity contribution < 1.29 is 4.79 Å². The number of amides is 1. The summed E-state index contributed by atoms with van der Waals surface area (Å²) in [5, 5.41) is 5.94. The number of nitrogens with zero attached hydrogens (tertiary/aromatic N) is 3. The second-order valence-corrected chi connectivity index (χ2v) is 7.95. The number of hydrogen-bond acceptors (Lipinski definition) is 6. The number of nitrogen functional groups attached to an aromatic ring is 1. The van der Waals surface area contributed by atoms with E-state index in [2.05, 4.69) is 41.5 Å². The molecular formula is C22H22BrN7O2. The number of rotatable bonds is 8. The SMILES string of the molecule is Nc1nc2ccc(CNC(=O)Cn3c(Br)ncc(NCCc4ccccc4)c3=O)cc2[nH]1. The fourth-order valence-electron chi connectivity index (χ4n) is 3.30. The van der Waals surface area contributed by atoms with Crippen LogP contribution in [0, 0.1) is 0 Å². The maximum atomic E-state index is 12.8. The van der Waals surface area contributed by atoms with Crippen molar-refractivity contribution in [2.45, 2.75) is 19.5 Å². The molecule has 0 saturated carbocycles. The first-order valence-electron chi connectivity index (χ1n) is 10.0. The number of carbonyl (C=O) groups excluding carboxylic acids is 1. The van der Waals surface area contributed by atoms with E-state index in [1.54, 1.807) is 0 Å². The van der Waals surface area contributed by atoms with E-state index in [0.717, 1.165) is 23.0 Å². The molecule has 1 amide bonds. The molecule has 0 spiro atoms. The Bertz CT molecular complexity index is 1300. The molecule has 2 aromatic heterocycles. The van der Waals surface area contributed by atoms with Crippen molar-refractivity contribution in [1.82, 2.24) is 24.8 Å². The number of imidazole rings is 1. The second kappa shape index (κ2) is 9.65. The third kappa shape index (κ3) is 5.14. The maximum Gasteiger partial charge on any atom is 0.278 e. The van der Waals surface area contributed by atoms with Crippen LogP contribution in [0.1, 0.15) is 11.1 Å². The second-order valence-electron chi connectivity index (χ2n) is 7.24. The van der Waals surface area contributed by atoms with Gasteiger partial charge in [0.15, 0.2) is 10.7 Å². The third-order valence-electron chi connectivity index (χ3n) is 4.93. The zero-order valence-electron chi connectivity index (χ0n) is 17.1. The highest BCUT2D eigenvalue weighted by Gasteiger charge is 2.12. The smallest absolute Gasteiger partial charge is 0.278 e. The van der Waals surface area contributed by atoms with Gasteiger partial charge >= 0.3 is 0 Å². The fraction of sp³-hybridized carbons (Fsp3) is 0.182. The van der Waals surface area contributed by atoms with Crippen LogP contribution in [0.2, 0.25) is 0 Å². The molecule has 0 saturated heterocycles. The van der Waals surface area contributed by atoms with Gasteiger partial charge in [-0.3, -0.25) is 14.2 Å². The number of anilines is 2. The van der Waals surface area contributed by atoms with Crippen LogP contribution in [0.25, 0.3) is 11.0 Å². The quantitative estimate of drug-likeness (QED) is 0.277. The van der Waals surface area contributed by atoms with Crippen molar-refractivity contribution in [3.05, 3.63) is 80.9 Å². The average molecular weight is 496 g/mol. The summed E-state index contributed by atoms with van der Waals surface area (Å²) in [5.74, 6) is 0.0374. The predicted molar refractivity (Wildman–Crippen MR) is 127 cm³/mol. The molecule has 4 aromatic rings. The zero-order chi connectivity index (χ0) is 22.5. The van der Waals surface area contributed by atoms with E-state index in [0.29, 0.717) is 29.5 Å². The topological polar surface area (TPSA) is 131 Å². The minimum absolute atomic E-state index is 0.153. The molecule has 9 nitrogen and oxygen atoms in total. The Hall–Kier alpha value is -3.66. The zero-order valence-corrected chi connectivity index (χ0v) is 18.7. The number of aromatic amines is 1. The van der Waals surface area contributed by atoms with Gasteiger partial charge in [0.2, 0.25) is 5.91 Å². The van der Waals surface area contributed by atoms with Crippen LogP contribution in [0.15, 0.2) is 64.3 Å². The Kier molecular flexibility index (Phi) is 6.50. The minimum Gasteiger partial charge on any atom is -0.379 e. The number of carbonyl (C=O) groups is 1. The van der Waals surface area contributed by atoms with Crippen LogP contribution in [-0.4, -0.2) is 32.0 Å². The van der Waals surface area contributed by atoms with Gasteiger partial charge in [-0.15, -0.1) is 0 Å². The van der Waals surface area contributed by atoms with Gasteiger partial charge in [-0.25, -0.2) is 9.97 Å². The standard InChI is InChI=1S/C22H22BrN7O2/c23-21-27-12-18(25-9-8-14-4-2-1-3-5-14)20(32)30(21)13-19(31)26-11-15-6-7-16-17(10-15)29-22(24)28-16/h1-7,10,12,25H,8-9,11,13H2,(H,26,31)(H3,24,28,29). The number of aromatic nitrogens is 4. The molecule has 2 aromatic carbocycles. The molecule has 0 aliphatic rings. The monoisotopic (exact) mass is 495 g/mol. The lowest BCUT2D eigenvalue weighted by Crippen LogP contribution is -2.34. The van der Waals surface area contributed by atoms with Gasteiger partial charge in [0.1, 0.15) is 12.2 Å². The van der Waals surface area contributed by atoms with Gasteiger partial charge in [0, 0.05) is 13.1 Å². The van der Waals surface area contributed by atoms with Crippen LogP contribution >= 0.6 is 15.9 Å². The molecule has 0 atom stereocenters. The molecule has 2 heterocycles. The first kappa shape index (κ1) is 21.6. The van der Waals surface area contributed by atoms with Crippen LogP contribution < -0.4 is 21.9 Å². The van der Waals surface area contributed by atoms with E-state index in [9.17, 15) is 9.59 Å². The number of hydrogen-bond donors (Lipinski definition) is 4. The van der Waals surface area contributed by atoms with E-state index in [4.69, 9.17) is 5.73 Å². The van der Waals surface area contributed by atoms with Crippen molar-refractivity contribution in [2.24, 2.45) is 0 Å². The van der Waals surface area contributed by atoms with Crippen molar-refractivity contribution in [3.8, 4) is 0 Å². The highest BCUT2D eigenvalue weighted by atomic mass is 79.9. The van der Waals surface area contributed by atoms with E-state index in [1.165, 1.54) is 16.3 Å². The van der Waals surface area contributed by atoms with Crippen LogP contribution in [0.3, 0.4) is 0 Å². The molecule has 0 aliphatic heterocycles. The number of fused-ring (bicyclic) bond motifs is 1. The first-order chi connectivity index (χ1) is 15.5. The average Bonchev–Trinajstić information content (AvgIpc) is 3.16. The van der Waals surface area contributed by atoms with Gasteiger partial charge in [0.05, 0.1) is 17.2 Å². The van der Waals surface area contributed by atoms with Crippen LogP contribution in [-0.2, 0) is 24.3 Å². The van der Waals surface area contributed by atoms with E-state index < -0.39 is 0 Å². The van der Waals surface area contributed by atoms with Gasteiger partial charge < -0.3 is 21.4 Å². The Morgan fingerprint density at radius 3 is 2.78 bits per heavy atom. The highest BCUT2D eigenvalue weighted by molar-refractivity contribution is 9.10. The number of nitrogens with one attached hydrogen (secondary N) is 3.